The van der Waals surface area contributed by atoms with Crippen molar-refractivity contribution in [3.05, 3.63) is 117 Å². The second kappa shape index (κ2) is 15.3. The van der Waals surface area contributed by atoms with Crippen molar-refractivity contribution in [2.24, 2.45) is 5.92 Å². The van der Waals surface area contributed by atoms with Gasteiger partial charge in [0.1, 0.15) is 24.2 Å². The fourth-order valence-electron chi connectivity index (χ4n) is 5.44. The number of oxazole rings is 1. The Morgan fingerprint density at radius 3 is 2.39 bits per heavy atom. The molecule has 4 aromatic rings. The van der Waals surface area contributed by atoms with Crippen LogP contribution in [0.2, 0.25) is 10.0 Å². The van der Waals surface area contributed by atoms with E-state index >= 15 is 0 Å². The van der Waals surface area contributed by atoms with Gasteiger partial charge in [0.05, 0.1) is 16.2 Å². The molecule has 0 aliphatic carbocycles. The lowest BCUT2D eigenvalue weighted by Crippen LogP contribution is -2.40. The fourth-order valence-corrected chi connectivity index (χ4v) is 5.76. The van der Waals surface area contributed by atoms with E-state index in [1.807, 2.05) is 78.6 Å². The third-order valence-electron chi connectivity index (χ3n) is 7.94. The normalized spacial score (nSPS) is 14.3. The van der Waals surface area contributed by atoms with E-state index in [0.29, 0.717) is 67.1 Å². The van der Waals surface area contributed by atoms with E-state index in [1.165, 1.54) is 0 Å². The molecule has 0 saturated carbocycles. The number of nitrogens with one attached hydrogen (secondary N) is 1. The van der Waals surface area contributed by atoms with Crippen LogP contribution >= 0.6 is 23.2 Å². The lowest BCUT2D eigenvalue weighted by atomic mass is 9.92. The molecule has 9 heteroatoms. The molecule has 2 heterocycles. The minimum atomic E-state index is -0.393. The number of amides is 2. The van der Waals surface area contributed by atoms with Gasteiger partial charge in [-0.25, -0.2) is 4.98 Å². The van der Waals surface area contributed by atoms with Crippen molar-refractivity contribution >= 4 is 35.0 Å². The molecule has 7 nitrogen and oxygen atoms in total. The molecule has 1 N–H and O–H groups in total. The monoisotopic (exact) mass is 633 g/mol. The summed E-state index contributed by atoms with van der Waals surface area (Å²) in [5.41, 5.74) is 3.13. The highest BCUT2D eigenvalue weighted by molar-refractivity contribution is 6.42. The fraction of sp³-hybridized carbons (Fsp3) is 0.343. The van der Waals surface area contributed by atoms with E-state index < -0.39 is 6.04 Å². The largest absolute Gasteiger partial charge is 0.489 e. The predicted octanol–water partition coefficient (Wildman–Crippen LogP) is 7.53. The van der Waals surface area contributed by atoms with Crippen molar-refractivity contribution in [1.29, 1.82) is 0 Å². The molecule has 3 aromatic carbocycles. The molecule has 1 atom stereocenters. The van der Waals surface area contributed by atoms with E-state index in [9.17, 15) is 9.59 Å². The summed E-state index contributed by atoms with van der Waals surface area (Å²) in [6.45, 7) is 3.65. The molecular formula is C35H37Cl2N3O4. The molecule has 0 radical (unpaired) electrons. The van der Waals surface area contributed by atoms with Crippen molar-refractivity contribution in [2.75, 3.05) is 13.1 Å². The van der Waals surface area contributed by atoms with Crippen LogP contribution in [0.1, 0.15) is 60.1 Å². The molecule has 5 rings (SSSR count). The lowest BCUT2D eigenvalue weighted by molar-refractivity contribution is -0.132. The van der Waals surface area contributed by atoms with Crippen LogP contribution in [0.4, 0.5) is 0 Å². The number of hydrogen-bond donors (Lipinski definition) is 1. The van der Waals surface area contributed by atoms with Gasteiger partial charge in [0, 0.05) is 32.4 Å². The number of benzene rings is 3. The van der Waals surface area contributed by atoms with Gasteiger partial charge in [0.2, 0.25) is 17.7 Å². The molecule has 2 amide bonds. The third-order valence-corrected chi connectivity index (χ3v) is 8.68. The molecule has 0 spiro atoms. The van der Waals surface area contributed by atoms with Crippen molar-refractivity contribution in [1.82, 2.24) is 15.2 Å². The van der Waals surface area contributed by atoms with Crippen molar-refractivity contribution in [2.45, 2.75) is 58.1 Å². The zero-order valence-electron chi connectivity index (χ0n) is 24.8. The molecule has 1 aliphatic heterocycles. The maximum atomic E-state index is 13.2. The zero-order valence-corrected chi connectivity index (χ0v) is 26.3. The second-order valence-corrected chi connectivity index (χ2v) is 12.1. The van der Waals surface area contributed by atoms with E-state index in [4.69, 9.17) is 32.4 Å². The Morgan fingerprint density at radius 2 is 1.70 bits per heavy atom. The molecule has 1 aromatic heterocycles. The number of carbonyl (C=O) groups excluding carboxylic acids is 2. The lowest BCUT2D eigenvalue weighted by Gasteiger charge is -2.32. The summed E-state index contributed by atoms with van der Waals surface area (Å²) in [7, 11) is 0. The zero-order chi connectivity index (χ0) is 30.9. The van der Waals surface area contributed by atoms with Crippen LogP contribution in [0, 0.1) is 12.8 Å². The second-order valence-electron chi connectivity index (χ2n) is 11.3. The maximum Gasteiger partial charge on any atom is 0.222 e. The van der Waals surface area contributed by atoms with E-state index in [-0.39, 0.29) is 17.7 Å². The van der Waals surface area contributed by atoms with Gasteiger partial charge in [-0.2, -0.15) is 0 Å². The number of nitrogens with zero attached hydrogens (tertiary/aromatic N) is 2. The molecule has 44 heavy (non-hydrogen) atoms. The predicted molar refractivity (Wildman–Crippen MR) is 172 cm³/mol. The summed E-state index contributed by atoms with van der Waals surface area (Å²) in [5.74, 6) is 2.25. The van der Waals surface area contributed by atoms with Gasteiger partial charge in [-0.05, 0) is 73.1 Å². The summed E-state index contributed by atoms with van der Waals surface area (Å²) in [5, 5.41) is 4.16. The first kappa shape index (κ1) is 31.6. The minimum Gasteiger partial charge on any atom is -0.489 e. The van der Waals surface area contributed by atoms with Crippen molar-refractivity contribution in [3.63, 3.8) is 0 Å². The molecule has 1 saturated heterocycles. The van der Waals surface area contributed by atoms with Crippen LogP contribution < -0.4 is 10.1 Å². The number of piperidine rings is 1. The molecule has 1 fully saturated rings. The summed E-state index contributed by atoms with van der Waals surface area (Å²) in [6.07, 6.45) is 5.22. The number of hydrogen-bond acceptors (Lipinski definition) is 5. The molecular weight excluding hydrogens is 597 g/mol. The van der Waals surface area contributed by atoms with E-state index in [2.05, 4.69) is 10.3 Å². The standard InChI is InChI=1S/C35H37Cl2N3O4/c1-24-22-38-35(44-24)32(20-26-7-11-29(12-8-26)43-23-28-5-3-2-4-6-28)39-33(41)21-27-15-17-40(18-16-27)34(42)14-10-25-9-13-30(36)31(37)19-25/h2-9,11-13,19,22,27,32H,10,14-18,20-21,23H2,1H3,(H,39,41)/t32-/m0/s1. The number of ether oxygens (including phenoxy) is 1. The third kappa shape index (κ3) is 9.10. The van der Waals surface area contributed by atoms with Gasteiger partial charge in [-0.3, -0.25) is 9.59 Å². The molecule has 0 unspecified atom stereocenters. The number of carbonyl (C=O) groups is 2. The number of rotatable bonds is 12. The summed E-state index contributed by atoms with van der Waals surface area (Å²) in [6, 6.07) is 23.0. The first-order valence-corrected chi connectivity index (χ1v) is 15.8. The topological polar surface area (TPSA) is 84.7 Å². The SMILES string of the molecule is Cc1cnc([C@H](Cc2ccc(OCc3ccccc3)cc2)NC(=O)CC2CCN(C(=O)CCc3ccc(Cl)c(Cl)c3)CC2)o1. The highest BCUT2D eigenvalue weighted by atomic mass is 35.5. The highest BCUT2D eigenvalue weighted by Crippen LogP contribution is 2.26. The summed E-state index contributed by atoms with van der Waals surface area (Å²) >= 11 is 12.1. The van der Waals surface area contributed by atoms with Gasteiger partial charge in [-0.1, -0.05) is 71.7 Å². The van der Waals surface area contributed by atoms with Crippen LogP contribution in [0.25, 0.3) is 0 Å². The maximum absolute atomic E-state index is 13.2. The van der Waals surface area contributed by atoms with Crippen LogP contribution in [-0.4, -0.2) is 34.8 Å². The number of halogens is 2. The minimum absolute atomic E-state index is 0.0435. The number of aromatic nitrogens is 1. The van der Waals surface area contributed by atoms with Crippen LogP contribution in [0.5, 0.6) is 5.75 Å². The summed E-state index contributed by atoms with van der Waals surface area (Å²) in [4.78, 5) is 32.3. The van der Waals surface area contributed by atoms with Gasteiger partial charge in [-0.15, -0.1) is 0 Å². The Kier molecular flexibility index (Phi) is 11.0. The van der Waals surface area contributed by atoms with Crippen LogP contribution in [-0.2, 0) is 29.0 Å². The van der Waals surface area contributed by atoms with Gasteiger partial charge in [0.15, 0.2) is 0 Å². The summed E-state index contributed by atoms with van der Waals surface area (Å²) < 4.78 is 11.7. The number of likely N-dealkylation sites (tertiary alicyclic amines) is 1. The van der Waals surface area contributed by atoms with Crippen molar-refractivity contribution in [3.8, 4) is 5.75 Å². The Bertz CT molecular complexity index is 1530. The van der Waals surface area contributed by atoms with E-state index in [0.717, 1.165) is 35.3 Å². The van der Waals surface area contributed by atoms with Crippen LogP contribution in [0.15, 0.2) is 83.4 Å². The van der Waals surface area contributed by atoms with Crippen LogP contribution in [0.3, 0.4) is 0 Å². The highest BCUT2D eigenvalue weighted by Gasteiger charge is 2.26. The average molecular weight is 635 g/mol. The smallest absolute Gasteiger partial charge is 0.222 e. The Morgan fingerprint density at radius 1 is 0.977 bits per heavy atom. The first-order chi connectivity index (χ1) is 21.3. The van der Waals surface area contributed by atoms with Gasteiger partial charge < -0.3 is 19.4 Å². The van der Waals surface area contributed by atoms with Crippen molar-refractivity contribution < 1.29 is 18.7 Å². The molecule has 0 bridgehead atoms. The molecule has 1 aliphatic rings. The Balaban J connectivity index is 1.10. The quantitative estimate of drug-likeness (QED) is 0.174. The Labute approximate surface area is 268 Å². The Hall–Kier alpha value is -3.81. The number of aryl methyl sites for hydroxylation is 2. The first-order valence-electron chi connectivity index (χ1n) is 15.0. The molecule has 230 valence electrons. The van der Waals surface area contributed by atoms with Gasteiger partial charge >= 0.3 is 0 Å². The van der Waals surface area contributed by atoms with E-state index in [1.54, 1.807) is 12.3 Å². The van der Waals surface area contributed by atoms with Gasteiger partial charge in [0.25, 0.3) is 0 Å². The average Bonchev–Trinajstić information content (AvgIpc) is 3.48.